The van der Waals surface area contributed by atoms with Crippen molar-refractivity contribution in [2.75, 3.05) is 19.7 Å². The zero-order valence-corrected chi connectivity index (χ0v) is 14.0. The Labute approximate surface area is 140 Å². The number of ether oxygens (including phenoxy) is 1. The van der Waals surface area contributed by atoms with E-state index in [0.717, 1.165) is 5.56 Å². The number of amides is 1. The van der Waals surface area contributed by atoms with Gasteiger partial charge in [-0.05, 0) is 31.0 Å². The molecule has 2 N–H and O–H groups in total. The van der Waals surface area contributed by atoms with Crippen molar-refractivity contribution in [2.45, 2.75) is 25.5 Å². The molecule has 21 heavy (non-hydrogen) atoms. The van der Waals surface area contributed by atoms with E-state index in [9.17, 15) is 4.79 Å². The summed E-state index contributed by atoms with van der Waals surface area (Å²) in [7, 11) is 0. The van der Waals surface area contributed by atoms with Gasteiger partial charge in [0.25, 0.3) is 0 Å². The van der Waals surface area contributed by atoms with Gasteiger partial charge in [-0.2, -0.15) is 0 Å². The molecule has 1 saturated heterocycles. The molecule has 1 aliphatic rings. The second-order valence-electron chi connectivity index (χ2n) is 4.75. The Kier molecular flexibility index (Phi) is 7.77. The Morgan fingerprint density at radius 3 is 2.71 bits per heavy atom. The average Bonchev–Trinajstić information content (AvgIpc) is 2.42. The van der Waals surface area contributed by atoms with Crippen molar-refractivity contribution in [1.82, 2.24) is 10.6 Å². The van der Waals surface area contributed by atoms with E-state index in [4.69, 9.17) is 27.9 Å². The van der Waals surface area contributed by atoms with Crippen LogP contribution in [0.25, 0.3) is 0 Å². The molecule has 2 rings (SSSR count). The molecule has 118 valence electrons. The maximum atomic E-state index is 12.0. The molecule has 1 aromatic carbocycles. The lowest BCUT2D eigenvalue weighted by molar-refractivity contribution is -0.128. The van der Waals surface area contributed by atoms with E-state index in [2.05, 4.69) is 10.6 Å². The van der Waals surface area contributed by atoms with Gasteiger partial charge in [0.1, 0.15) is 6.04 Å². The Bertz CT molecular complexity index is 465. The van der Waals surface area contributed by atoms with Crippen molar-refractivity contribution in [3.63, 3.8) is 0 Å². The lowest BCUT2D eigenvalue weighted by Gasteiger charge is -2.29. The molecule has 0 aromatic heterocycles. The quantitative estimate of drug-likeness (QED) is 0.874. The smallest absolute Gasteiger partial charge is 0.239 e. The molecule has 1 heterocycles. The van der Waals surface area contributed by atoms with E-state index in [1.807, 2.05) is 6.92 Å². The highest BCUT2D eigenvalue weighted by molar-refractivity contribution is 6.35. The van der Waals surface area contributed by atoms with Crippen molar-refractivity contribution in [3.8, 4) is 0 Å². The SMILES string of the molecule is C[C@H]1OCCN[C@@H]1C(=O)NCCc1c(Cl)cccc1Cl.Cl. The molecular weight excluding hydrogens is 335 g/mol. The third kappa shape index (κ3) is 5.01. The van der Waals surface area contributed by atoms with Gasteiger partial charge in [0, 0.05) is 23.1 Å². The number of carbonyl (C=O) groups is 1. The minimum atomic E-state index is -0.300. The molecular formula is C14H19Cl3N2O2. The van der Waals surface area contributed by atoms with Crippen LogP contribution in [0.2, 0.25) is 10.0 Å². The van der Waals surface area contributed by atoms with Crippen LogP contribution < -0.4 is 10.6 Å². The van der Waals surface area contributed by atoms with Crippen molar-refractivity contribution in [3.05, 3.63) is 33.8 Å². The number of nitrogens with one attached hydrogen (secondary N) is 2. The lowest BCUT2D eigenvalue weighted by atomic mass is 10.1. The lowest BCUT2D eigenvalue weighted by Crippen LogP contribution is -2.55. The highest BCUT2D eigenvalue weighted by Gasteiger charge is 2.27. The van der Waals surface area contributed by atoms with Crippen molar-refractivity contribution in [2.24, 2.45) is 0 Å². The maximum Gasteiger partial charge on any atom is 0.239 e. The minimum absolute atomic E-state index is 0. The fraction of sp³-hybridized carbons (Fsp3) is 0.500. The summed E-state index contributed by atoms with van der Waals surface area (Å²) in [6.45, 7) is 3.72. The Hall–Kier alpha value is -0.520. The van der Waals surface area contributed by atoms with Gasteiger partial charge < -0.3 is 15.4 Å². The summed E-state index contributed by atoms with van der Waals surface area (Å²) in [5.41, 5.74) is 0.858. The fourth-order valence-electron chi connectivity index (χ4n) is 2.22. The largest absolute Gasteiger partial charge is 0.375 e. The van der Waals surface area contributed by atoms with E-state index >= 15 is 0 Å². The van der Waals surface area contributed by atoms with Gasteiger partial charge in [-0.1, -0.05) is 29.3 Å². The number of halogens is 3. The van der Waals surface area contributed by atoms with Gasteiger partial charge in [-0.25, -0.2) is 0 Å². The first-order chi connectivity index (χ1) is 9.59. The van der Waals surface area contributed by atoms with Gasteiger partial charge in [-0.3, -0.25) is 4.79 Å². The van der Waals surface area contributed by atoms with Crippen molar-refractivity contribution < 1.29 is 9.53 Å². The van der Waals surface area contributed by atoms with Crippen LogP contribution in [0.4, 0.5) is 0 Å². The average molecular weight is 354 g/mol. The molecule has 0 unspecified atom stereocenters. The molecule has 1 amide bonds. The number of benzene rings is 1. The molecule has 1 aliphatic heterocycles. The highest BCUT2D eigenvalue weighted by Crippen LogP contribution is 2.24. The monoisotopic (exact) mass is 352 g/mol. The van der Waals surface area contributed by atoms with Crippen LogP contribution >= 0.6 is 35.6 Å². The van der Waals surface area contributed by atoms with E-state index in [1.54, 1.807) is 18.2 Å². The Morgan fingerprint density at radius 1 is 1.43 bits per heavy atom. The van der Waals surface area contributed by atoms with Crippen LogP contribution in [0.5, 0.6) is 0 Å². The molecule has 2 atom stereocenters. The van der Waals surface area contributed by atoms with Crippen LogP contribution in [0.15, 0.2) is 18.2 Å². The third-order valence-corrected chi connectivity index (χ3v) is 4.04. The second kappa shape index (κ2) is 8.81. The molecule has 7 heteroatoms. The zero-order chi connectivity index (χ0) is 14.5. The van der Waals surface area contributed by atoms with Gasteiger partial charge in [0.2, 0.25) is 5.91 Å². The Morgan fingerprint density at radius 2 is 2.10 bits per heavy atom. The molecule has 0 spiro atoms. The van der Waals surface area contributed by atoms with E-state index in [-0.39, 0.29) is 30.5 Å². The molecule has 0 bridgehead atoms. The predicted molar refractivity (Wildman–Crippen MR) is 87.6 cm³/mol. The summed E-state index contributed by atoms with van der Waals surface area (Å²) in [4.78, 5) is 12.0. The first-order valence-corrected chi connectivity index (χ1v) is 7.41. The van der Waals surface area contributed by atoms with Crippen LogP contribution in [0.1, 0.15) is 12.5 Å². The normalized spacial score (nSPS) is 21.5. The minimum Gasteiger partial charge on any atom is -0.375 e. The Balaban J connectivity index is 0.00000220. The summed E-state index contributed by atoms with van der Waals surface area (Å²) in [6.07, 6.45) is 0.485. The number of carbonyl (C=O) groups excluding carboxylic acids is 1. The van der Waals surface area contributed by atoms with E-state index in [1.165, 1.54) is 0 Å². The van der Waals surface area contributed by atoms with Crippen LogP contribution in [0, 0.1) is 0 Å². The third-order valence-electron chi connectivity index (χ3n) is 3.33. The maximum absolute atomic E-state index is 12.0. The summed E-state index contributed by atoms with van der Waals surface area (Å²) < 4.78 is 5.45. The number of hydrogen-bond donors (Lipinski definition) is 2. The standard InChI is InChI=1S/C14H18Cl2N2O2.ClH/c1-9-13(17-7-8-20-9)14(19)18-6-5-10-11(15)3-2-4-12(10)16;/h2-4,9,13,17H,5-8H2,1H3,(H,18,19);1H/t9-,13+;/m1./s1. The summed E-state index contributed by atoms with van der Waals surface area (Å²) in [5.74, 6) is -0.0552. The van der Waals surface area contributed by atoms with E-state index < -0.39 is 0 Å². The fourth-order valence-corrected chi connectivity index (χ4v) is 2.81. The summed E-state index contributed by atoms with van der Waals surface area (Å²) in [5, 5.41) is 7.29. The number of hydrogen-bond acceptors (Lipinski definition) is 3. The van der Waals surface area contributed by atoms with Crippen LogP contribution in [-0.2, 0) is 16.0 Å². The molecule has 0 saturated carbocycles. The van der Waals surface area contributed by atoms with Gasteiger partial charge in [-0.15, -0.1) is 12.4 Å². The first kappa shape index (κ1) is 18.5. The second-order valence-corrected chi connectivity index (χ2v) is 5.56. The van der Waals surface area contributed by atoms with Crippen molar-refractivity contribution >= 4 is 41.5 Å². The van der Waals surface area contributed by atoms with Crippen LogP contribution in [-0.4, -0.2) is 37.7 Å². The molecule has 1 aromatic rings. The molecule has 1 fully saturated rings. The molecule has 4 nitrogen and oxygen atoms in total. The summed E-state index contributed by atoms with van der Waals surface area (Å²) >= 11 is 12.2. The van der Waals surface area contributed by atoms with E-state index in [0.29, 0.717) is 36.2 Å². The van der Waals surface area contributed by atoms with Gasteiger partial charge in [0.15, 0.2) is 0 Å². The highest BCUT2D eigenvalue weighted by atomic mass is 35.5. The van der Waals surface area contributed by atoms with Gasteiger partial charge in [0.05, 0.1) is 12.7 Å². The first-order valence-electron chi connectivity index (χ1n) is 6.65. The number of rotatable bonds is 4. The summed E-state index contributed by atoms with van der Waals surface area (Å²) in [6, 6.07) is 5.09. The molecule has 0 aliphatic carbocycles. The van der Waals surface area contributed by atoms with Crippen molar-refractivity contribution in [1.29, 1.82) is 0 Å². The predicted octanol–water partition coefficient (Wildman–Crippen LogP) is 2.45. The topological polar surface area (TPSA) is 50.4 Å². The zero-order valence-electron chi connectivity index (χ0n) is 11.7. The van der Waals surface area contributed by atoms with Gasteiger partial charge >= 0.3 is 0 Å². The molecule has 0 radical (unpaired) electrons. The number of morpholine rings is 1. The van der Waals surface area contributed by atoms with Crippen LogP contribution in [0.3, 0.4) is 0 Å².